The number of amides is 6. The number of aliphatic carboxylic acids is 2. The molecule has 2 aliphatic rings. The molecule has 470 valence electrons. The number of nitrogens with one attached hydrogen (secondary N) is 5. The second-order valence-electron chi connectivity index (χ2n) is 21.2. The number of ether oxygens (including phenoxy) is 2. The first kappa shape index (κ1) is 64.6. The second-order valence-corrected chi connectivity index (χ2v) is 27.0. The van der Waals surface area contributed by atoms with Gasteiger partial charge < -0.3 is 51.4 Å². The van der Waals surface area contributed by atoms with Gasteiger partial charge in [0, 0.05) is 65.0 Å². The fraction of sp³-hybridized carbons (Fsp3) is 0.362. The van der Waals surface area contributed by atoms with Crippen LogP contribution in [0.5, 0.6) is 0 Å². The van der Waals surface area contributed by atoms with Gasteiger partial charge in [-0.1, -0.05) is 44.2 Å². The van der Waals surface area contributed by atoms with E-state index in [1.807, 2.05) is 13.8 Å². The van der Waals surface area contributed by atoms with Gasteiger partial charge in [-0.25, -0.2) is 39.7 Å². The van der Waals surface area contributed by atoms with Crippen LogP contribution >= 0.6 is 68.0 Å². The molecule has 32 heteroatoms. The molecule has 0 radical (unpaired) electrons. The highest BCUT2D eigenvalue weighted by Crippen LogP contribution is 2.42. The molecule has 8 aromatic rings. The van der Waals surface area contributed by atoms with Crippen molar-refractivity contribution in [1.29, 1.82) is 0 Å². The Morgan fingerprint density at radius 3 is 2.18 bits per heavy atom. The van der Waals surface area contributed by atoms with E-state index in [-0.39, 0.29) is 78.8 Å². The molecule has 6 amide bonds. The van der Waals surface area contributed by atoms with Gasteiger partial charge in [0.2, 0.25) is 11.8 Å². The third-order valence-corrected chi connectivity index (χ3v) is 20.1. The van der Waals surface area contributed by atoms with Crippen molar-refractivity contribution in [3.63, 3.8) is 0 Å². The molecule has 1 saturated carbocycles. The summed E-state index contributed by atoms with van der Waals surface area (Å²) in [6.07, 6.45) is -1.55. The zero-order valence-electron chi connectivity index (χ0n) is 48.7. The minimum Gasteiger partial charge on any atom is -0.481 e. The zero-order valence-corrected chi connectivity index (χ0v) is 53.6. The normalized spacial score (nSPS) is 18.1. The molecule has 1 aliphatic heterocycles. The van der Waals surface area contributed by atoms with Gasteiger partial charge in [0.1, 0.15) is 82.2 Å². The largest absolute Gasteiger partial charge is 0.481 e. The number of unbranched alkanes of at least 4 members (excludes halogenated alkanes) is 1. The van der Waals surface area contributed by atoms with Crippen LogP contribution in [0.3, 0.4) is 0 Å². The maximum Gasteiger partial charge on any atom is 0.415 e. The number of pyridine rings is 1. The average Bonchev–Trinajstić information content (AvgIpc) is 1.98. The van der Waals surface area contributed by atoms with Crippen molar-refractivity contribution >= 4 is 121 Å². The van der Waals surface area contributed by atoms with Gasteiger partial charge in [-0.2, -0.15) is 0 Å². The van der Waals surface area contributed by atoms with Crippen molar-refractivity contribution in [2.75, 3.05) is 38.8 Å². The molecule has 0 spiro atoms. The van der Waals surface area contributed by atoms with Crippen LogP contribution < -0.4 is 31.5 Å². The van der Waals surface area contributed by atoms with Crippen LogP contribution in [0.2, 0.25) is 0 Å². The van der Waals surface area contributed by atoms with Gasteiger partial charge in [-0.15, -0.1) is 68.0 Å². The molecule has 90 heavy (non-hydrogen) atoms. The number of methoxy groups -OCH3 is 1. The van der Waals surface area contributed by atoms with E-state index in [2.05, 4.69) is 36.6 Å². The summed E-state index contributed by atoms with van der Waals surface area (Å²) in [7, 11) is 2.91. The number of carboxylic acid groups (broad SMARTS) is 2. The van der Waals surface area contributed by atoms with Crippen LogP contribution in [-0.4, -0.2) is 132 Å². The van der Waals surface area contributed by atoms with Gasteiger partial charge in [-0.05, 0) is 49.8 Å². The van der Waals surface area contributed by atoms with Crippen LogP contribution in [-0.2, 0) is 35.3 Å². The van der Waals surface area contributed by atoms with E-state index in [1.165, 1.54) is 30.4 Å². The lowest BCUT2D eigenvalue weighted by molar-refractivity contribution is -0.139. The average molecular weight is 1340 g/mol. The van der Waals surface area contributed by atoms with Gasteiger partial charge >= 0.3 is 18.0 Å². The van der Waals surface area contributed by atoms with E-state index in [1.54, 1.807) is 70.9 Å². The fourth-order valence-corrected chi connectivity index (χ4v) is 15.1. The lowest BCUT2D eigenvalue weighted by atomic mass is 10.0. The van der Waals surface area contributed by atoms with E-state index in [0.717, 1.165) is 56.7 Å². The zero-order chi connectivity index (χ0) is 63.9. The summed E-state index contributed by atoms with van der Waals surface area (Å²) in [5, 5.41) is 53.5. The smallest absolute Gasteiger partial charge is 0.415 e. The number of nitrogens with zero attached hydrogens (tertiary/aromatic N) is 8. The van der Waals surface area contributed by atoms with Crippen LogP contribution in [0.15, 0.2) is 64.0 Å². The molecule has 7 aromatic heterocycles. The standard InChI is InChI=1S/C58H59N13O13S6/c1-26(2)42-56-70-45(37(90-56)21-83-5)49(78)60-19-40(73)67-46(47(76)28-11-7-6-8-12-28)55-65-36(24-87-55)53-63-34(22-86-53)44-30(51-64-35(23-85-51)48(77)62-33(18-39(72)59-4)54-69-43(27(3)89-54)50(79)68-42)14-15-32(61-44)52-66-38(25-88-52)71(16-10-9-13-41(74)75)58(82)84-20-29-17-31(29)57(80)81/h6-8,11-12,14-15,22-26,29,31,33,42,46-47,76H,9-10,13,16-21H2,1-5H3,(H,59,72)(H,60,78)(H,62,77)(H,67,73)(H,68,79)(H,74,75)(H,80,81)/t29?,31?,33-,42-,46-,47-/m0/s1. The van der Waals surface area contributed by atoms with Crippen molar-refractivity contribution in [1.82, 2.24) is 61.5 Å². The van der Waals surface area contributed by atoms with Gasteiger partial charge in [0.05, 0.1) is 54.8 Å². The van der Waals surface area contributed by atoms with Gasteiger partial charge in [0.25, 0.3) is 17.7 Å². The highest BCUT2D eigenvalue weighted by molar-refractivity contribution is 7.15. The lowest BCUT2D eigenvalue weighted by Gasteiger charge is -2.23. The van der Waals surface area contributed by atoms with E-state index in [0.29, 0.717) is 81.5 Å². The van der Waals surface area contributed by atoms with Gasteiger partial charge in [0.15, 0.2) is 0 Å². The topological polar surface area (TPSA) is 369 Å². The molecule has 6 atom stereocenters. The Hall–Kier alpha value is -8.37. The molecule has 26 nitrogen and oxygen atoms in total. The van der Waals surface area contributed by atoms with Gasteiger partial charge in [-0.3, -0.25) is 38.5 Å². The minimum atomic E-state index is -1.31. The summed E-state index contributed by atoms with van der Waals surface area (Å²) in [5.74, 6) is -6.00. The quantitative estimate of drug-likeness (QED) is 0.0398. The number of fused-ring (bicyclic) bond motifs is 14. The molecule has 10 bridgehead atoms. The number of hydrogen-bond donors (Lipinski definition) is 8. The number of aliphatic hydroxyl groups is 1. The predicted molar refractivity (Wildman–Crippen MR) is 336 cm³/mol. The first-order chi connectivity index (χ1) is 43.3. The fourth-order valence-electron chi connectivity index (χ4n) is 9.54. The summed E-state index contributed by atoms with van der Waals surface area (Å²) < 4.78 is 11.0. The van der Waals surface area contributed by atoms with Crippen molar-refractivity contribution in [2.45, 2.75) is 83.7 Å². The first-order valence-electron chi connectivity index (χ1n) is 28.1. The second kappa shape index (κ2) is 28.6. The summed E-state index contributed by atoms with van der Waals surface area (Å²) >= 11 is 6.96. The number of carbonyl (C=O) groups excluding carboxylic acids is 6. The van der Waals surface area contributed by atoms with E-state index < -0.39 is 84.3 Å². The number of aliphatic hydroxyl groups excluding tert-OH is 1. The third-order valence-electron chi connectivity index (χ3n) is 14.4. The number of aromatic nitrogens is 7. The minimum absolute atomic E-state index is 0.0142. The monoisotopic (exact) mass is 1340 g/mol. The number of thiazole rings is 6. The van der Waals surface area contributed by atoms with Crippen LogP contribution in [0.1, 0.15) is 132 Å². The first-order valence-corrected chi connectivity index (χ1v) is 33.2. The SMILES string of the molecule is CNC(=O)C[C@@H]1NC(=O)c2csc(n2)-c2ccc(-c3nc(N(CCCCC(=O)O)C(=O)OCC4CC4C(=O)O)cs3)nc2-c2csc(n2)-c2csc(n2)[C@H]([C@@H](O)c2ccccc2)NC(=O)CNC(=O)c2nc(sc2COC)[C@H](C(C)C)NC(=O)c2nc1sc2C. The number of anilines is 1. The number of carbonyl (C=O) groups is 8. The molecular weight excluding hydrogens is 1280 g/mol. The van der Waals surface area contributed by atoms with E-state index in [9.17, 15) is 53.7 Å². The van der Waals surface area contributed by atoms with Crippen LogP contribution in [0.4, 0.5) is 10.6 Å². The van der Waals surface area contributed by atoms with Crippen molar-refractivity contribution in [3.8, 4) is 43.4 Å². The number of carboxylic acids is 2. The van der Waals surface area contributed by atoms with Crippen molar-refractivity contribution in [2.24, 2.45) is 17.8 Å². The molecule has 1 aromatic carbocycles. The Balaban J connectivity index is 1.04. The molecule has 10 rings (SSSR count). The Kier molecular flexibility index (Phi) is 20.6. The molecular formula is C58H59N13O13S6. The van der Waals surface area contributed by atoms with Crippen molar-refractivity contribution < 1.29 is 63.1 Å². The van der Waals surface area contributed by atoms with Crippen LogP contribution in [0.25, 0.3) is 43.4 Å². The Morgan fingerprint density at radius 1 is 0.722 bits per heavy atom. The molecule has 2 unspecified atom stereocenters. The lowest BCUT2D eigenvalue weighted by Crippen LogP contribution is -2.40. The number of rotatable bonds is 17. The molecule has 0 saturated heterocycles. The maximum atomic E-state index is 14.4. The number of benzene rings is 1. The van der Waals surface area contributed by atoms with Crippen LogP contribution in [0, 0.1) is 24.7 Å². The Labute approximate surface area is 537 Å². The summed E-state index contributed by atoms with van der Waals surface area (Å²) in [6, 6.07) is 9.23. The predicted octanol–water partition coefficient (Wildman–Crippen LogP) is 8.23. The molecule has 8 N–H and O–H groups in total. The maximum absolute atomic E-state index is 14.4. The highest BCUT2D eigenvalue weighted by atomic mass is 32.1. The number of hydrogen-bond acceptors (Lipinski definition) is 24. The third kappa shape index (κ3) is 15.1. The molecule has 8 heterocycles. The summed E-state index contributed by atoms with van der Waals surface area (Å²) in [5.41, 5.74) is 2.30. The Bertz CT molecular complexity index is 3990. The highest BCUT2D eigenvalue weighted by Gasteiger charge is 2.44. The Morgan fingerprint density at radius 2 is 1.44 bits per heavy atom. The summed E-state index contributed by atoms with van der Waals surface area (Å²) in [6.45, 7) is 4.81. The molecule has 1 fully saturated rings. The van der Waals surface area contributed by atoms with E-state index in [4.69, 9.17) is 34.4 Å². The summed E-state index contributed by atoms with van der Waals surface area (Å²) in [4.78, 5) is 142. The van der Waals surface area contributed by atoms with E-state index >= 15 is 0 Å². The van der Waals surface area contributed by atoms with Crippen molar-refractivity contribution in [3.05, 3.63) is 111 Å². The number of aryl methyl sites for hydroxylation is 1. The molecule has 1 aliphatic carbocycles.